The molecule has 1 atom stereocenters. The average Bonchev–Trinajstić information content (AvgIpc) is 2.00. The molecule has 0 radical (unpaired) electrons. The second kappa shape index (κ2) is 6.93. The molecule has 68 valence electrons. The normalized spacial score (nSPS) is 13.9. The lowest BCUT2D eigenvalue weighted by Gasteiger charge is -2.26. The van der Waals surface area contributed by atoms with Gasteiger partial charge in [0.2, 0.25) is 0 Å². The first-order valence-corrected chi connectivity index (χ1v) is 5.09. The van der Waals surface area contributed by atoms with E-state index in [-0.39, 0.29) is 0 Å². The molecule has 0 aromatic heterocycles. The summed E-state index contributed by atoms with van der Waals surface area (Å²) in [6.07, 6.45) is 2.55. The third-order valence-electron chi connectivity index (χ3n) is 2.11. The van der Waals surface area contributed by atoms with Gasteiger partial charge in [0, 0.05) is 18.5 Å². The summed E-state index contributed by atoms with van der Waals surface area (Å²) in [4.78, 5) is 2.43. The molecule has 0 saturated carbocycles. The van der Waals surface area contributed by atoms with E-state index in [9.17, 15) is 0 Å². The molecule has 0 aliphatic rings. The van der Waals surface area contributed by atoms with Gasteiger partial charge < -0.3 is 0 Å². The van der Waals surface area contributed by atoms with Crippen molar-refractivity contribution in [3.63, 3.8) is 0 Å². The molecule has 0 rings (SSSR count). The molecule has 0 aromatic carbocycles. The Balaban J connectivity index is 3.61. The van der Waals surface area contributed by atoms with Crippen LogP contribution in [0.1, 0.15) is 33.6 Å². The predicted molar refractivity (Wildman–Crippen MR) is 52.3 cm³/mol. The second-order valence-corrected chi connectivity index (χ2v) is 3.33. The van der Waals surface area contributed by atoms with Crippen LogP contribution in [-0.4, -0.2) is 29.9 Å². The first kappa shape index (κ1) is 11.2. The Morgan fingerprint density at radius 2 is 2.00 bits per heavy atom. The molecule has 1 nitrogen and oxygen atoms in total. The van der Waals surface area contributed by atoms with E-state index < -0.39 is 0 Å². The van der Waals surface area contributed by atoms with Gasteiger partial charge in [-0.3, -0.25) is 4.90 Å². The van der Waals surface area contributed by atoms with Crippen molar-refractivity contribution in [1.29, 1.82) is 0 Å². The summed E-state index contributed by atoms with van der Waals surface area (Å²) >= 11 is 5.68. The van der Waals surface area contributed by atoms with E-state index in [2.05, 4.69) is 25.7 Å². The first-order valence-electron chi connectivity index (χ1n) is 4.56. The fourth-order valence-electron chi connectivity index (χ4n) is 1.40. The lowest BCUT2D eigenvalue weighted by atomic mass is 10.1. The molecule has 0 spiro atoms. The minimum absolute atomic E-state index is 0.698. The monoisotopic (exact) mass is 177 g/mol. The van der Waals surface area contributed by atoms with Crippen LogP contribution in [0.2, 0.25) is 0 Å². The fraction of sp³-hybridized carbons (Fsp3) is 1.00. The van der Waals surface area contributed by atoms with Crippen LogP contribution in [-0.2, 0) is 0 Å². The van der Waals surface area contributed by atoms with Crippen LogP contribution < -0.4 is 0 Å². The molecule has 2 heteroatoms. The standard InChI is InChI=1S/C9H20ClN/c1-4-6-9(3)11(5-2)8-7-10/h9H,4-8H2,1-3H3. The van der Waals surface area contributed by atoms with Crippen LogP contribution in [0.25, 0.3) is 0 Å². The molecular formula is C9H20ClN. The maximum atomic E-state index is 5.68. The van der Waals surface area contributed by atoms with Crippen LogP contribution in [0, 0.1) is 0 Å². The zero-order chi connectivity index (χ0) is 8.69. The van der Waals surface area contributed by atoms with E-state index >= 15 is 0 Å². The Bertz CT molecular complexity index is 85.6. The smallest absolute Gasteiger partial charge is 0.0351 e. The predicted octanol–water partition coefficient (Wildman–Crippen LogP) is 2.74. The van der Waals surface area contributed by atoms with Crippen molar-refractivity contribution in [2.45, 2.75) is 39.7 Å². The van der Waals surface area contributed by atoms with Crippen LogP contribution in [0.15, 0.2) is 0 Å². The second-order valence-electron chi connectivity index (χ2n) is 2.96. The maximum Gasteiger partial charge on any atom is 0.0351 e. The van der Waals surface area contributed by atoms with E-state index in [0.29, 0.717) is 6.04 Å². The van der Waals surface area contributed by atoms with Gasteiger partial charge in [-0.2, -0.15) is 0 Å². The largest absolute Gasteiger partial charge is 0.300 e. The quantitative estimate of drug-likeness (QED) is 0.564. The van der Waals surface area contributed by atoms with Gasteiger partial charge in [-0.1, -0.05) is 20.3 Å². The van der Waals surface area contributed by atoms with E-state index in [1.165, 1.54) is 12.8 Å². The van der Waals surface area contributed by atoms with Crippen molar-refractivity contribution in [3.8, 4) is 0 Å². The zero-order valence-corrected chi connectivity index (χ0v) is 8.69. The van der Waals surface area contributed by atoms with Gasteiger partial charge in [0.25, 0.3) is 0 Å². The van der Waals surface area contributed by atoms with Crippen molar-refractivity contribution >= 4 is 11.6 Å². The average molecular weight is 178 g/mol. The van der Waals surface area contributed by atoms with E-state index in [1.807, 2.05) is 0 Å². The lowest BCUT2D eigenvalue weighted by molar-refractivity contribution is 0.221. The molecule has 11 heavy (non-hydrogen) atoms. The summed E-state index contributed by atoms with van der Waals surface area (Å²) < 4.78 is 0. The lowest BCUT2D eigenvalue weighted by Crippen LogP contribution is -2.34. The molecule has 0 fully saturated rings. The van der Waals surface area contributed by atoms with Gasteiger partial charge >= 0.3 is 0 Å². The highest BCUT2D eigenvalue weighted by Crippen LogP contribution is 2.05. The third kappa shape index (κ3) is 4.65. The van der Waals surface area contributed by atoms with Crippen LogP contribution in [0.5, 0.6) is 0 Å². The molecule has 0 bridgehead atoms. The zero-order valence-electron chi connectivity index (χ0n) is 7.94. The van der Waals surface area contributed by atoms with Gasteiger partial charge in [-0.15, -0.1) is 11.6 Å². The summed E-state index contributed by atoms with van der Waals surface area (Å²) in [5.74, 6) is 0.752. The third-order valence-corrected chi connectivity index (χ3v) is 2.28. The summed E-state index contributed by atoms with van der Waals surface area (Å²) in [5, 5.41) is 0. The first-order chi connectivity index (χ1) is 5.26. The summed E-state index contributed by atoms with van der Waals surface area (Å²) in [7, 11) is 0. The summed E-state index contributed by atoms with van der Waals surface area (Å²) in [6, 6.07) is 0.698. The number of nitrogens with zero attached hydrogens (tertiary/aromatic N) is 1. The van der Waals surface area contributed by atoms with Gasteiger partial charge in [0.15, 0.2) is 0 Å². The molecular weight excluding hydrogens is 158 g/mol. The van der Waals surface area contributed by atoms with Gasteiger partial charge in [-0.05, 0) is 19.9 Å². The molecule has 0 aliphatic heterocycles. The molecule has 0 amide bonds. The Kier molecular flexibility index (Phi) is 7.09. The Labute approximate surface area is 75.7 Å². The molecule has 1 unspecified atom stereocenters. The Hall–Kier alpha value is 0.250. The van der Waals surface area contributed by atoms with Crippen LogP contribution >= 0.6 is 11.6 Å². The van der Waals surface area contributed by atoms with Crippen molar-refractivity contribution in [2.24, 2.45) is 0 Å². The van der Waals surface area contributed by atoms with Gasteiger partial charge in [0.1, 0.15) is 0 Å². The van der Waals surface area contributed by atoms with E-state index in [4.69, 9.17) is 11.6 Å². The molecule has 0 aliphatic carbocycles. The van der Waals surface area contributed by atoms with Crippen molar-refractivity contribution in [2.75, 3.05) is 19.0 Å². The topological polar surface area (TPSA) is 3.24 Å². The van der Waals surface area contributed by atoms with Crippen molar-refractivity contribution in [3.05, 3.63) is 0 Å². The van der Waals surface area contributed by atoms with Crippen molar-refractivity contribution < 1.29 is 0 Å². The van der Waals surface area contributed by atoms with Crippen LogP contribution in [0.3, 0.4) is 0 Å². The van der Waals surface area contributed by atoms with Gasteiger partial charge in [0.05, 0.1) is 0 Å². The number of halogens is 1. The Morgan fingerprint density at radius 1 is 1.36 bits per heavy atom. The Morgan fingerprint density at radius 3 is 2.36 bits per heavy atom. The van der Waals surface area contributed by atoms with Crippen molar-refractivity contribution in [1.82, 2.24) is 4.90 Å². The number of hydrogen-bond donors (Lipinski definition) is 0. The number of rotatable bonds is 6. The minimum Gasteiger partial charge on any atom is -0.300 e. The van der Waals surface area contributed by atoms with E-state index in [1.54, 1.807) is 0 Å². The highest BCUT2D eigenvalue weighted by atomic mass is 35.5. The van der Waals surface area contributed by atoms with Gasteiger partial charge in [-0.25, -0.2) is 0 Å². The molecule has 0 aromatic rings. The van der Waals surface area contributed by atoms with E-state index in [0.717, 1.165) is 19.0 Å². The highest BCUT2D eigenvalue weighted by molar-refractivity contribution is 6.18. The summed E-state index contributed by atoms with van der Waals surface area (Å²) in [5.41, 5.74) is 0. The molecule has 0 N–H and O–H groups in total. The maximum absolute atomic E-state index is 5.68. The highest BCUT2D eigenvalue weighted by Gasteiger charge is 2.08. The fourth-order valence-corrected chi connectivity index (χ4v) is 1.62. The van der Waals surface area contributed by atoms with Crippen LogP contribution in [0.4, 0.5) is 0 Å². The molecule has 0 heterocycles. The number of alkyl halides is 1. The number of hydrogen-bond acceptors (Lipinski definition) is 1. The summed E-state index contributed by atoms with van der Waals surface area (Å²) in [6.45, 7) is 8.84. The minimum atomic E-state index is 0.698. The SMILES string of the molecule is CCCC(C)N(CC)CCCl. The molecule has 0 saturated heterocycles.